The molecule has 1 N–H and O–H groups in total. The molecule has 184 valence electrons. The number of amides is 3. The van der Waals surface area contributed by atoms with Crippen LogP contribution in [0, 0.1) is 0 Å². The van der Waals surface area contributed by atoms with E-state index >= 15 is 0 Å². The van der Waals surface area contributed by atoms with Crippen LogP contribution in [0.5, 0.6) is 5.75 Å². The topological polar surface area (TPSA) is 82.2 Å². The summed E-state index contributed by atoms with van der Waals surface area (Å²) in [6.07, 6.45) is 4.81. The van der Waals surface area contributed by atoms with Crippen LogP contribution in [0.4, 0.5) is 17.1 Å². The number of anilines is 3. The highest BCUT2D eigenvalue weighted by Crippen LogP contribution is 2.40. The number of nitrogens with one attached hydrogen (secondary N) is 1. The molecule has 3 amide bonds. The first-order valence-corrected chi connectivity index (χ1v) is 12.6. The molecule has 2 saturated heterocycles. The van der Waals surface area contributed by atoms with E-state index in [2.05, 4.69) is 10.2 Å². The van der Waals surface area contributed by atoms with E-state index in [1.807, 2.05) is 24.0 Å². The molecule has 0 aliphatic carbocycles. The number of hydrogen-bond acceptors (Lipinski definition) is 5. The Morgan fingerprint density at radius 3 is 2.46 bits per heavy atom. The van der Waals surface area contributed by atoms with Crippen molar-refractivity contribution in [1.29, 1.82) is 0 Å². The monoisotopic (exact) mass is 476 g/mol. The molecule has 2 aromatic carbocycles. The smallest absolute Gasteiger partial charge is 0.253 e. The third-order valence-electron chi connectivity index (χ3n) is 7.02. The van der Waals surface area contributed by atoms with Gasteiger partial charge >= 0.3 is 0 Å². The van der Waals surface area contributed by atoms with Crippen LogP contribution in [0.2, 0.25) is 0 Å². The zero-order valence-corrected chi connectivity index (χ0v) is 20.2. The van der Waals surface area contributed by atoms with Gasteiger partial charge in [-0.1, -0.05) is 0 Å². The first-order chi connectivity index (χ1) is 17.0. The van der Waals surface area contributed by atoms with Gasteiger partial charge in [0.2, 0.25) is 11.8 Å². The summed E-state index contributed by atoms with van der Waals surface area (Å²) in [6, 6.07) is 12.5. The molecular weight excluding hydrogens is 444 g/mol. The number of nitrogens with zero attached hydrogens (tertiary/aromatic N) is 3. The molecule has 0 saturated carbocycles. The molecule has 2 aromatic rings. The Hall–Kier alpha value is -3.55. The van der Waals surface area contributed by atoms with Crippen LogP contribution in [0.3, 0.4) is 0 Å². The maximum Gasteiger partial charge on any atom is 0.253 e. The predicted molar refractivity (Wildman–Crippen MR) is 135 cm³/mol. The van der Waals surface area contributed by atoms with E-state index in [4.69, 9.17) is 4.74 Å². The summed E-state index contributed by atoms with van der Waals surface area (Å²) in [4.78, 5) is 45.2. The fourth-order valence-corrected chi connectivity index (χ4v) is 5.30. The van der Waals surface area contributed by atoms with Gasteiger partial charge in [0.15, 0.2) is 0 Å². The summed E-state index contributed by atoms with van der Waals surface area (Å²) in [5.74, 6) is 0.356. The van der Waals surface area contributed by atoms with E-state index in [0.717, 1.165) is 63.2 Å². The van der Waals surface area contributed by atoms with E-state index < -0.39 is 0 Å². The first kappa shape index (κ1) is 23.2. The van der Waals surface area contributed by atoms with Crippen LogP contribution < -0.4 is 19.9 Å². The quantitative estimate of drug-likeness (QED) is 0.688. The minimum Gasteiger partial charge on any atom is -0.494 e. The number of benzene rings is 2. The van der Waals surface area contributed by atoms with Gasteiger partial charge in [0, 0.05) is 30.9 Å². The van der Waals surface area contributed by atoms with Crippen molar-refractivity contribution in [1.82, 2.24) is 4.90 Å². The zero-order valence-electron chi connectivity index (χ0n) is 20.2. The molecule has 35 heavy (non-hydrogen) atoms. The molecule has 5 rings (SSSR count). The summed E-state index contributed by atoms with van der Waals surface area (Å²) in [5, 5.41) is 2.89. The van der Waals surface area contributed by atoms with Crippen molar-refractivity contribution in [2.45, 2.75) is 45.1 Å². The molecular formula is C27H32N4O4. The Balaban J connectivity index is 1.40. The molecule has 8 nitrogen and oxygen atoms in total. The lowest BCUT2D eigenvalue weighted by Gasteiger charge is -2.45. The van der Waals surface area contributed by atoms with Gasteiger partial charge in [-0.05, 0) is 81.5 Å². The second-order valence-corrected chi connectivity index (χ2v) is 9.34. The summed E-state index contributed by atoms with van der Waals surface area (Å²) < 4.78 is 5.46. The Bertz CT molecular complexity index is 1110. The van der Waals surface area contributed by atoms with E-state index in [-0.39, 0.29) is 30.3 Å². The lowest BCUT2D eigenvalue weighted by Crippen LogP contribution is -2.56. The first-order valence-electron chi connectivity index (χ1n) is 12.6. The lowest BCUT2D eigenvalue weighted by atomic mass is 9.95. The molecule has 0 spiro atoms. The summed E-state index contributed by atoms with van der Waals surface area (Å²) in [5.41, 5.74) is 2.76. The van der Waals surface area contributed by atoms with Crippen molar-refractivity contribution in [3.63, 3.8) is 0 Å². The van der Waals surface area contributed by atoms with Crippen LogP contribution in [0.1, 0.15) is 49.4 Å². The number of piperidine rings is 1. The van der Waals surface area contributed by atoms with Crippen molar-refractivity contribution in [3.05, 3.63) is 48.0 Å². The van der Waals surface area contributed by atoms with Crippen LogP contribution in [0.25, 0.3) is 0 Å². The van der Waals surface area contributed by atoms with Crippen LogP contribution >= 0.6 is 0 Å². The average Bonchev–Trinajstić information content (AvgIpc) is 3.42. The maximum absolute atomic E-state index is 13.6. The number of fused-ring (bicyclic) bond motifs is 3. The molecule has 3 aliphatic rings. The largest absolute Gasteiger partial charge is 0.494 e. The zero-order chi connectivity index (χ0) is 24.4. The fraction of sp³-hybridized carbons (Fsp3) is 0.444. The van der Waals surface area contributed by atoms with Gasteiger partial charge in [-0.3, -0.25) is 19.3 Å². The van der Waals surface area contributed by atoms with Gasteiger partial charge < -0.3 is 19.9 Å². The van der Waals surface area contributed by atoms with E-state index in [0.29, 0.717) is 23.5 Å². The highest BCUT2D eigenvalue weighted by atomic mass is 16.5. The number of rotatable bonds is 6. The van der Waals surface area contributed by atoms with Gasteiger partial charge in [0.05, 0.1) is 18.0 Å². The minimum absolute atomic E-state index is 0.0164. The number of carbonyl (C=O) groups excluding carboxylic acids is 3. The Morgan fingerprint density at radius 2 is 1.71 bits per heavy atom. The summed E-state index contributed by atoms with van der Waals surface area (Å²) >= 11 is 0. The molecule has 3 heterocycles. The van der Waals surface area contributed by atoms with Crippen LogP contribution in [0.15, 0.2) is 42.5 Å². The number of carbonyl (C=O) groups is 3. The second-order valence-electron chi connectivity index (χ2n) is 9.34. The van der Waals surface area contributed by atoms with Crippen LogP contribution in [-0.4, -0.2) is 61.4 Å². The van der Waals surface area contributed by atoms with Gasteiger partial charge in [-0.15, -0.1) is 0 Å². The molecule has 0 bridgehead atoms. The predicted octanol–water partition coefficient (Wildman–Crippen LogP) is 3.67. The number of hydrogen-bond donors (Lipinski definition) is 1. The molecule has 8 heteroatoms. The molecule has 3 aliphatic heterocycles. The standard InChI is InChI=1S/C27H32N4O4/c1-2-35-21-11-9-20(10-12-21)28-25(32)18-31-24-17-19(26(33)29-14-5-6-15-29)8-13-22(24)30-16-4-3-7-23(30)27(31)34/h8-13,17,23H,2-7,14-16,18H2,1H3,(H,28,32)/t23-/m0/s1. The van der Waals surface area contributed by atoms with Crippen molar-refractivity contribution >= 4 is 34.8 Å². The molecule has 0 aromatic heterocycles. The van der Waals surface area contributed by atoms with E-state index in [9.17, 15) is 14.4 Å². The summed E-state index contributed by atoms with van der Waals surface area (Å²) in [6.45, 7) is 4.71. The van der Waals surface area contributed by atoms with Gasteiger partial charge in [-0.25, -0.2) is 0 Å². The van der Waals surface area contributed by atoms with Gasteiger partial charge in [-0.2, -0.15) is 0 Å². The number of ether oxygens (including phenoxy) is 1. The Morgan fingerprint density at radius 1 is 0.971 bits per heavy atom. The Kier molecular flexibility index (Phi) is 6.61. The van der Waals surface area contributed by atoms with Gasteiger partial charge in [0.25, 0.3) is 5.91 Å². The van der Waals surface area contributed by atoms with Crippen molar-refractivity contribution < 1.29 is 19.1 Å². The van der Waals surface area contributed by atoms with Crippen molar-refractivity contribution in [2.24, 2.45) is 0 Å². The third-order valence-corrected chi connectivity index (χ3v) is 7.02. The maximum atomic E-state index is 13.6. The summed E-state index contributed by atoms with van der Waals surface area (Å²) in [7, 11) is 0. The highest BCUT2D eigenvalue weighted by Gasteiger charge is 2.40. The lowest BCUT2D eigenvalue weighted by molar-refractivity contribution is -0.123. The SMILES string of the molecule is CCOc1ccc(NC(=O)CN2C(=O)[C@@H]3CCCCN3c3ccc(C(=O)N4CCCC4)cc32)cc1. The minimum atomic E-state index is -0.283. The molecule has 0 radical (unpaired) electrons. The molecule has 0 unspecified atom stereocenters. The van der Waals surface area contributed by atoms with E-state index in [1.165, 1.54) is 0 Å². The van der Waals surface area contributed by atoms with Crippen molar-refractivity contribution in [3.8, 4) is 5.75 Å². The highest BCUT2D eigenvalue weighted by molar-refractivity contribution is 6.11. The normalized spacial score (nSPS) is 19.3. The second kappa shape index (κ2) is 9.98. The fourth-order valence-electron chi connectivity index (χ4n) is 5.30. The molecule has 2 fully saturated rings. The van der Waals surface area contributed by atoms with Crippen LogP contribution in [-0.2, 0) is 9.59 Å². The third kappa shape index (κ3) is 4.70. The van der Waals surface area contributed by atoms with Gasteiger partial charge in [0.1, 0.15) is 18.3 Å². The van der Waals surface area contributed by atoms with Crippen molar-refractivity contribution in [2.75, 3.05) is 47.9 Å². The molecule has 1 atom stereocenters. The Labute approximate surface area is 205 Å². The average molecular weight is 477 g/mol. The number of likely N-dealkylation sites (tertiary alicyclic amines) is 1. The van der Waals surface area contributed by atoms with E-state index in [1.54, 1.807) is 35.2 Å².